The molecule has 0 bridgehead atoms. The molecule has 2 aromatic carbocycles. The third-order valence-corrected chi connectivity index (χ3v) is 4.26. The normalized spacial score (nSPS) is 10.7. The fraction of sp³-hybridized carbons (Fsp3) is 0.368. The molecule has 0 saturated carbocycles. The van der Waals surface area contributed by atoms with Crippen LogP contribution in [0.15, 0.2) is 46.9 Å². The molecule has 0 aliphatic heterocycles. The molecule has 0 amide bonds. The van der Waals surface area contributed by atoms with E-state index >= 15 is 0 Å². The first kappa shape index (κ1) is 18.0. The SMILES string of the molecule is CNCCCNCc1cc(Br)ccc1OCc1ccccc1C. The number of nitrogens with one attached hydrogen (secondary N) is 2. The summed E-state index contributed by atoms with van der Waals surface area (Å²) in [7, 11) is 1.98. The van der Waals surface area contributed by atoms with Crippen LogP contribution < -0.4 is 15.4 Å². The molecule has 2 aromatic rings. The van der Waals surface area contributed by atoms with Gasteiger partial charge in [-0.05, 0) is 62.8 Å². The van der Waals surface area contributed by atoms with Crippen molar-refractivity contribution in [1.82, 2.24) is 10.6 Å². The van der Waals surface area contributed by atoms with Gasteiger partial charge < -0.3 is 15.4 Å². The van der Waals surface area contributed by atoms with E-state index in [2.05, 4.69) is 63.8 Å². The maximum atomic E-state index is 6.06. The topological polar surface area (TPSA) is 33.3 Å². The summed E-state index contributed by atoms with van der Waals surface area (Å²) < 4.78 is 7.14. The van der Waals surface area contributed by atoms with Gasteiger partial charge in [0.25, 0.3) is 0 Å². The zero-order valence-electron chi connectivity index (χ0n) is 13.9. The van der Waals surface area contributed by atoms with Crippen LogP contribution in [0.25, 0.3) is 0 Å². The van der Waals surface area contributed by atoms with Gasteiger partial charge in [-0.1, -0.05) is 40.2 Å². The second-order valence-corrected chi connectivity index (χ2v) is 6.52. The van der Waals surface area contributed by atoms with Gasteiger partial charge in [0.15, 0.2) is 0 Å². The second kappa shape index (κ2) is 9.71. The molecule has 4 heteroatoms. The lowest BCUT2D eigenvalue weighted by atomic mass is 10.1. The van der Waals surface area contributed by atoms with Gasteiger partial charge in [-0.2, -0.15) is 0 Å². The lowest BCUT2D eigenvalue weighted by Crippen LogP contribution is -2.19. The van der Waals surface area contributed by atoms with E-state index < -0.39 is 0 Å². The Kier molecular flexibility index (Phi) is 7.59. The molecule has 0 saturated heterocycles. The molecule has 0 unspecified atom stereocenters. The number of benzene rings is 2. The van der Waals surface area contributed by atoms with Crippen LogP contribution in [-0.4, -0.2) is 20.1 Å². The highest BCUT2D eigenvalue weighted by molar-refractivity contribution is 9.10. The minimum absolute atomic E-state index is 0.598. The van der Waals surface area contributed by atoms with Gasteiger partial charge >= 0.3 is 0 Å². The summed E-state index contributed by atoms with van der Waals surface area (Å²) >= 11 is 3.54. The van der Waals surface area contributed by atoms with Crippen LogP contribution in [0.5, 0.6) is 5.75 Å². The van der Waals surface area contributed by atoms with Gasteiger partial charge in [-0.25, -0.2) is 0 Å². The van der Waals surface area contributed by atoms with Crippen molar-refractivity contribution in [3.8, 4) is 5.75 Å². The van der Waals surface area contributed by atoms with Crippen molar-refractivity contribution < 1.29 is 4.74 Å². The molecule has 0 aliphatic carbocycles. The quantitative estimate of drug-likeness (QED) is 0.648. The minimum atomic E-state index is 0.598. The zero-order chi connectivity index (χ0) is 16.5. The van der Waals surface area contributed by atoms with Crippen LogP contribution in [0.2, 0.25) is 0 Å². The Morgan fingerprint density at radius 2 is 1.87 bits per heavy atom. The molecule has 0 radical (unpaired) electrons. The maximum Gasteiger partial charge on any atom is 0.124 e. The Balaban J connectivity index is 1.96. The van der Waals surface area contributed by atoms with E-state index in [1.807, 2.05) is 19.2 Å². The summed E-state index contributed by atoms with van der Waals surface area (Å²) in [6.07, 6.45) is 1.11. The number of hydrogen-bond donors (Lipinski definition) is 2. The van der Waals surface area contributed by atoms with Gasteiger partial charge in [-0.15, -0.1) is 0 Å². The van der Waals surface area contributed by atoms with Gasteiger partial charge in [0.1, 0.15) is 12.4 Å². The summed E-state index contributed by atoms with van der Waals surface area (Å²) in [6, 6.07) is 14.5. The number of hydrogen-bond acceptors (Lipinski definition) is 3. The number of rotatable bonds is 9. The molecule has 0 heterocycles. The van der Waals surface area contributed by atoms with E-state index in [4.69, 9.17) is 4.74 Å². The Morgan fingerprint density at radius 3 is 2.65 bits per heavy atom. The molecule has 2 N–H and O–H groups in total. The fourth-order valence-corrected chi connectivity index (χ4v) is 2.78. The molecule has 0 aliphatic rings. The number of ether oxygens (including phenoxy) is 1. The smallest absolute Gasteiger partial charge is 0.124 e. The predicted octanol–water partition coefficient (Wildman–Crippen LogP) is 4.04. The first-order chi connectivity index (χ1) is 11.2. The van der Waals surface area contributed by atoms with Crippen molar-refractivity contribution >= 4 is 15.9 Å². The van der Waals surface area contributed by atoms with E-state index in [1.54, 1.807) is 0 Å². The Hall–Kier alpha value is -1.36. The van der Waals surface area contributed by atoms with Crippen molar-refractivity contribution in [1.29, 1.82) is 0 Å². The minimum Gasteiger partial charge on any atom is -0.489 e. The van der Waals surface area contributed by atoms with Gasteiger partial charge in [0.05, 0.1) is 0 Å². The third-order valence-electron chi connectivity index (χ3n) is 3.76. The van der Waals surface area contributed by atoms with Crippen LogP contribution in [0.4, 0.5) is 0 Å². The molecule has 0 atom stereocenters. The van der Waals surface area contributed by atoms with E-state index in [0.717, 1.165) is 36.3 Å². The average molecular weight is 377 g/mol. The molecule has 0 spiro atoms. The molecule has 0 fully saturated rings. The Bertz CT molecular complexity index is 616. The molecule has 3 nitrogen and oxygen atoms in total. The second-order valence-electron chi connectivity index (χ2n) is 5.60. The van der Waals surface area contributed by atoms with E-state index in [0.29, 0.717) is 6.61 Å². The monoisotopic (exact) mass is 376 g/mol. The van der Waals surface area contributed by atoms with Crippen molar-refractivity contribution in [3.63, 3.8) is 0 Å². The Labute approximate surface area is 147 Å². The molecule has 124 valence electrons. The number of halogens is 1. The van der Waals surface area contributed by atoms with Gasteiger partial charge in [0, 0.05) is 16.6 Å². The van der Waals surface area contributed by atoms with E-state index in [-0.39, 0.29) is 0 Å². The first-order valence-corrected chi connectivity index (χ1v) is 8.81. The third kappa shape index (κ3) is 5.98. The average Bonchev–Trinajstić information content (AvgIpc) is 2.55. The fourth-order valence-electron chi connectivity index (χ4n) is 2.37. The zero-order valence-corrected chi connectivity index (χ0v) is 15.4. The number of aryl methyl sites for hydroxylation is 1. The summed E-state index contributed by atoms with van der Waals surface area (Å²) in [5.41, 5.74) is 3.66. The van der Waals surface area contributed by atoms with Crippen LogP contribution in [0.3, 0.4) is 0 Å². The highest BCUT2D eigenvalue weighted by atomic mass is 79.9. The maximum absolute atomic E-state index is 6.06. The summed E-state index contributed by atoms with van der Waals surface area (Å²) in [5.74, 6) is 0.942. The molecular formula is C19H25BrN2O. The molecular weight excluding hydrogens is 352 g/mol. The molecule has 0 aromatic heterocycles. The van der Waals surface area contributed by atoms with E-state index in [1.165, 1.54) is 16.7 Å². The highest BCUT2D eigenvalue weighted by Crippen LogP contribution is 2.24. The molecule has 2 rings (SSSR count). The van der Waals surface area contributed by atoms with Crippen LogP contribution in [-0.2, 0) is 13.2 Å². The lowest BCUT2D eigenvalue weighted by Gasteiger charge is -2.14. The summed E-state index contributed by atoms with van der Waals surface area (Å²) in [6.45, 7) is 5.55. The van der Waals surface area contributed by atoms with E-state index in [9.17, 15) is 0 Å². The first-order valence-electron chi connectivity index (χ1n) is 8.01. The summed E-state index contributed by atoms with van der Waals surface area (Å²) in [5, 5.41) is 6.63. The van der Waals surface area contributed by atoms with Crippen molar-refractivity contribution in [3.05, 3.63) is 63.6 Å². The Morgan fingerprint density at radius 1 is 1.04 bits per heavy atom. The standard InChI is InChI=1S/C19H25BrN2O/c1-15-6-3-4-7-16(15)14-23-19-9-8-18(20)12-17(19)13-22-11-5-10-21-2/h3-4,6-9,12,21-22H,5,10-11,13-14H2,1-2H3. The molecule has 23 heavy (non-hydrogen) atoms. The van der Waals surface area contributed by atoms with Crippen LogP contribution in [0.1, 0.15) is 23.1 Å². The lowest BCUT2D eigenvalue weighted by molar-refractivity contribution is 0.301. The predicted molar refractivity (Wildman–Crippen MR) is 99.9 cm³/mol. The van der Waals surface area contributed by atoms with Gasteiger partial charge in [-0.3, -0.25) is 0 Å². The van der Waals surface area contributed by atoms with Crippen molar-refractivity contribution in [2.45, 2.75) is 26.5 Å². The van der Waals surface area contributed by atoms with Crippen LogP contribution >= 0.6 is 15.9 Å². The van der Waals surface area contributed by atoms with Crippen LogP contribution in [0, 0.1) is 6.92 Å². The summed E-state index contributed by atoms with van der Waals surface area (Å²) in [4.78, 5) is 0. The largest absolute Gasteiger partial charge is 0.489 e. The van der Waals surface area contributed by atoms with Gasteiger partial charge in [0.2, 0.25) is 0 Å². The highest BCUT2D eigenvalue weighted by Gasteiger charge is 2.06. The van der Waals surface area contributed by atoms with Crippen molar-refractivity contribution in [2.24, 2.45) is 0 Å². The van der Waals surface area contributed by atoms with Crippen molar-refractivity contribution in [2.75, 3.05) is 20.1 Å².